The van der Waals surface area contributed by atoms with Gasteiger partial charge in [-0.2, -0.15) is 0 Å². The Morgan fingerprint density at radius 2 is 1.28 bits per heavy atom. The predicted molar refractivity (Wildman–Crippen MR) is 67.6 cm³/mol. The summed E-state index contributed by atoms with van der Waals surface area (Å²) in [6.45, 7) is 0. The second-order valence-electron chi connectivity index (χ2n) is 3.60. The number of benzene rings is 2. The standard InChI is InChI=1S/C12H11AsN2O3/c16-13(17,18)10-6-8-12(9-7-10)15-14-11-4-2-1-3-5-11/h1-9H,(H2,16,17,18). The molecule has 0 heterocycles. The van der Waals surface area contributed by atoms with Crippen molar-refractivity contribution in [1.29, 1.82) is 0 Å². The van der Waals surface area contributed by atoms with Crippen molar-refractivity contribution in [2.75, 3.05) is 0 Å². The normalized spacial score (nSPS) is 11.9. The van der Waals surface area contributed by atoms with Crippen molar-refractivity contribution in [1.82, 2.24) is 0 Å². The summed E-state index contributed by atoms with van der Waals surface area (Å²) in [6, 6.07) is 15.0. The summed E-state index contributed by atoms with van der Waals surface area (Å²) in [5.41, 5.74) is 1.27. The molecule has 6 heteroatoms. The first-order valence-electron chi connectivity index (χ1n) is 5.19. The molecule has 18 heavy (non-hydrogen) atoms. The predicted octanol–water partition coefficient (Wildman–Crippen LogP) is 1.66. The molecule has 0 bridgehead atoms. The van der Waals surface area contributed by atoms with Crippen molar-refractivity contribution in [3.8, 4) is 0 Å². The van der Waals surface area contributed by atoms with Gasteiger partial charge in [-0.05, 0) is 0 Å². The molecule has 92 valence electrons. The van der Waals surface area contributed by atoms with Crippen LogP contribution < -0.4 is 4.35 Å². The molecule has 0 aliphatic carbocycles. The Morgan fingerprint density at radius 3 is 1.78 bits per heavy atom. The number of nitrogens with zero attached hydrogens (tertiary/aromatic N) is 2. The number of rotatable bonds is 3. The van der Waals surface area contributed by atoms with Crippen molar-refractivity contribution < 1.29 is 11.9 Å². The molecular weight excluding hydrogens is 295 g/mol. The first-order chi connectivity index (χ1) is 8.55. The van der Waals surface area contributed by atoms with Crippen LogP contribution in [0.4, 0.5) is 11.4 Å². The summed E-state index contributed by atoms with van der Waals surface area (Å²) in [4.78, 5) is 0. The van der Waals surface area contributed by atoms with Crippen LogP contribution in [0.3, 0.4) is 0 Å². The minimum absolute atomic E-state index is 0.0341. The second-order valence-corrected chi connectivity index (χ2v) is 6.96. The fraction of sp³-hybridized carbons (Fsp3) is 0. The van der Waals surface area contributed by atoms with E-state index in [1.165, 1.54) is 24.3 Å². The summed E-state index contributed by atoms with van der Waals surface area (Å²) >= 11 is -4.80. The van der Waals surface area contributed by atoms with Crippen molar-refractivity contribution in [2.45, 2.75) is 0 Å². The van der Waals surface area contributed by atoms with Crippen molar-refractivity contribution in [3.05, 3.63) is 54.6 Å². The van der Waals surface area contributed by atoms with Crippen LogP contribution in [-0.4, -0.2) is 22.4 Å². The molecule has 0 spiro atoms. The molecule has 0 atom stereocenters. The molecule has 2 aromatic rings. The fourth-order valence-electron chi connectivity index (χ4n) is 1.32. The molecule has 0 unspecified atom stereocenters. The SMILES string of the molecule is O=[As](O)(O)c1ccc(N=Nc2ccccc2)cc1. The van der Waals surface area contributed by atoms with Gasteiger partial charge >= 0.3 is 107 Å². The summed E-state index contributed by atoms with van der Waals surface area (Å²) in [7, 11) is 0. The molecule has 0 fully saturated rings. The number of hydrogen-bond donors (Lipinski definition) is 2. The minimum atomic E-state index is -4.80. The van der Waals surface area contributed by atoms with Gasteiger partial charge in [-0.1, -0.05) is 0 Å². The molecule has 0 saturated carbocycles. The Balaban J connectivity index is 2.17. The Labute approximate surface area is 107 Å². The zero-order valence-electron chi connectivity index (χ0n) is 9.34. The summed E-state index contributed by atoms with van der Waals surface area (Å²) < 4.78 is 29.1. The third kappa shape index (κ3) is 3.40. The van der Waals surface area contributed by atoms with Crippen LogP contribution >= 0.6 is 0 Å². The molecule has 2 aromatic carbocycles. The average molecular weight is 306 g/mol. The van der Waals surface area contributed by atoms with Crippen LogP contribution in [0.5, 0.6) is 0 Å². The quantitative estimate of drug-likeness (QED) is 0.668. The monoisotopic (exact) mass is 306 g/mol. The first-order valence-corrected chi connectivity index (χ1v) is 8.57. The van der Waals surface area contributed by atoms with Gasteiger partial charge in [0, 0.05) is 0 Å². The van der Waals surface area contributed by atoms with E-state index in [1.54, 1.807) is 0 Å². The average Bonchev–Trinajstić information content (AvgIpc) is 2.37. The Bertz CT molecular complexity index is 590. The number of azo groups is 1. The van der Waals surface area contributed by atoms with Gasteiger partial charge in [-0.3, -0.25) is 0 Å². The molecule has 0 aliphatic rings. The van der Waals surface area contributed by atoms with E-state index in [0.717, 1.165) is 5.69 Å². The van der Waals surface area contributed by atoms with Crippen LogP contribution in [-0.2, 0) is 3.74 Å². The number of hydrogen-bond acceptors (Lipinski definition) is 3. The van der Waals surface area contributed by atoms with Crippen molar-refractivity contribution in [3.63, 3.8) is 0 Å². The molecular formula is C12H11AsN2O3. The second kappa shape index (κ2) is 5.31. The Hall–Kier alpha value is -1.68. The van der Waals surface area contributed by atoms with Crippen LogP contribution in [0.15, 0.2) is 64.8 Å². The van der Waals surface area contributed by atoms with Gasteiger partial charge in [0.1, 0.15) is 0 Å². The third-order valence-corrected chi connectivity index (χ3v) is 4.26. The van der Waals surface area contributed by atoms with E-state index in [2.05, 4.69) is 10.2 Å². The Kier molecular flexibility index (Phi) is 3.77. The van der Waals surface area contributed by atoms with Gasteiger partial charge in [0.05, 0.1) is 0 Å². The van der Waals surface area contributed by atoms with Gasteiger partial charge in [0.25, 0.3) is 0 Å². The van der Waals surface area contributed by atoms with E-state index >= 15 is 0 Å². The van der Waals surface area contributed by atoms with Crippen molar-refractivity contribution in [2.24, 2.45) is 10.2 Å². The van der Waals surface area contributed by atoms with E-state index in [9.17, 15) is 3.74 Å². The van der Waals surface area contributed by atoms with Gasteiger partial charge in [-0.15, -0.1) is 0 Å². The van der Waals surface area contributed by atoms with Crippen LogP contribution in [0.25, 0.3) is 0 Å². The summed E-state index contributed by atoms with van der Waals surface area (Å²) in [5, 5.41) is 7.98. The van der Waals surface area contributed by atoms with Gasteiger partial charge in [0.2, 0.25) is 0 Å². The Morgan fingerprint density at radius 1 is 0.778 bits per heavy atom. The van der Waals surface area contributed by atoms with E-state index < -0.39 is 14.2 Å². The van der Waals surface area contributed by atoms with E-state index in [1.807, 2.05) is 30.3 Å². The molecule has 5 nitrogen and oxygen atoms in total. The molecule has 0 saturated heterocycles. The van der Waals surface area contributed by atoms with E-state index in [4.69, 9.17) is 8.19 Å². The van der Waals surface area contributed by atoms with E-state index in [0.29, 0.717) is 5.69 Å². The molecule has 2 N–H and O–H groups in total. The fourth-order valence-corrected chi connectivity index (χ4v) is 2.45. The van der Waals surface area contributed by atoms with Crippen LogP contribution in [0.1, 0.15) is 0 Å². The van der Waals surface area contributed by atoms with Gasteiger partial charge in [0.15, 0.2) is 0 Å². The zero-order chi connectivity index (χ0) is 13.0. The van der Waals surface area contributed by atoms with Gasteiger partial charge < -0.3 is 0 Å². The van der Waals surface area contributed by atoms with Crippen LogP contribution in [0, 0.1) is 0 Å². The molecule has 0 amide bonds. The molecule has 2 rings (SSSR count). The topological polar surface area (TPSA) is 82.2 Å². The third-order valence-electron chi connectivity index (χ3n) is 2.22. The van der Waals surface area contributed by atoms with Crippen LogP contribution in [0.2, 0.25) is 0 Å². The van der Waals surface area contributed by atoms with Gasteiger partial charge in [-0.25, -0.2) is 0 Å². The molecule has 0 aromatic heterocycles. The molecule has 0 radical (unpaired) electrons. The zero-order valence-corrected chi connectivity index (χ0v) is 11.2. The summed E-state index contributed by atoms with van der Waals surface area (Å²) in [6.07, 6.45) is 0. The van der Waals surface area contributed by atoms with E-state index in [-0.39, 0.29) is 4.35 Å². The first kappa shape index (κ1) is 12.8. The molecule has 0 aliphatic heterocycles. The maximum atomic E-state index is 11.0. The summed E-state index contributed by atoms with van der Waals surface area (Å²) in [5.74, 6) is 0. The maximum absolute atomic E-state index is 11.0. The van der Waals surface area contributed by atoms with Crippen molar-refractivity contribution >= 4 is 29.9 Å².